The topological polar surface area (TPSA) is 64.0 Å². The van der Waals surface area contributed by atoms with Crippen molar-refractivity contribution >= 4 is 5.91 Å². The predicted octanol–water partition coefficient (Wildman–Crippen LogP) is 2.46. The van der Waals surface area contributed by atoms with Crippen LogP contribution in [0.25, 0.3) is 5.69 Å². The van der Waals surface area contributed by atoms with E-state index in [9.17, 15) is 14.0 Å². The highest BCUT2D eigenvalue weighted by atomic mass is 19.1. The first-order valence-electron chi connectivity index (χ1n) is 7.54. The minimum Gasteiger partial charge on any atom is -0.351 e. The Morgan fingerprint density at radius 2 is 2.04 bits per heavy atom. The van der Waals surface area contributed by atoms with Crippen LogP contribution in [0.4, 0.5) is 4.39 Å². The summed E-state index contributed by atoms with van der Waals surface area (Å²) < 4.78 is 15.2. The molecule has 0 aliphatic carbocycles. The highest BCUT2D eigenvalue weighted by Gasteiger charge is 2.16. The van der Waals surface area contributed by atoms with Gasteiger partial charge in [-0.2, -0.15) is 5.10 Å². The van der Waals surface area contributed by atoms with Crippen molar-refractivity contribution in [2.75, 3.05) is 6.54 Å². The Hall–Kier alpha value is -2.50. The van der Waals surface area contributed by atoms with Crippen molar-refractivity contribution < 1.29 is 9.18 Å². The van der Waals surface area contributed by atoms with E-state index in [0.717, 1.165) is 6.42 Å². The first-order chi connectivity index (χ1) is 10.9. The quantitative estimate of drug-likeness (QED) is 0.921. The lowest BCUT2D eigenvalue weighted by Crippen LogP contribution is -2.33. The van der Waals surface area contributed by atoms with Gasteiger partial charge in [0.15, 0.2) is 5.69 Å². The van der Waals surface area contributed by atoms with Crippen molar-refractivity contribution in [1.29, 1.82) is 0 Å². The molecule has 1 amide bonds. The Balaban J connectivity index is 2.35. The van der Waals surface area contributed by atoms with Gasteiger partial charge >= 0.3 is 0 Å². The van der Waals surface area contributed by atoms with Crippen LogP contribution >= 0.6 is 0 Å². The molecule has 1 heterocycles. The van der Waals surface area contributed by atoms with Gasteiger partial charge in [0.05, 0.1) is 0 Å². The SMILES string of the molecule is Cc1cc(=O)c(C(=O)NCCC(C)C)nn1-c1ccccc1F. The second kappa shape index (κ2) is 7.17. The van der Waals surface area contributed by atoms with Crippen LogP contribution in [0.3, 0.4) is 0 Å². The van der Waals surface area contributed by atoms with Crippen LogP contribution in [-0.2, 0) is 0 Å². The van der Waals surface area contributed by atoms with Gasteiger partial charge < -0.3 is 5.32 Å². The Morgan fingerprint density at radius 3 is 2.70 bits per heavy atom. The summed E-state index contributed by atoms with van der Waals surface area (Å²) in [6.07, 6.45) is 0.805. The number of aromatic nitrogens is 2. The number of benzene rings is 1. The summed E-state index contributed by atoms with van der Waals surface area (Å²) in [6, 6.07) is 7.37. The molecule has 0 fully saturated rings. The van der Waals surface area contributed by atoms with Gasteiger partial charge in [0.1, 0.15) is 11.5 Å². The van der Waals surface area contributed by atoms with Gasteiger partial charge in [-0.3, -0.25) is 9.59 Å². The Bertz CT molecular complexity index is 769. The highest BCUT2D eigenvalue weighted by Crippen LogP contribution is 2.13. The fourth-order valence-electron chi connectivity index (χ4n) is 2.13. The van der Waals surface area contributed by atoms with Crippen LogP contribution in [0, 0.1) is 18.7 Å². The molecule has 0 aliphatic rings. The van der Waals surface area contributed by atoms with Crippen molar-refractivity contribution in [2.24, 2.45) is 5.92 Å². The zero-order chi connectivity index (χ0) is 17.0. The summed E-state index contributed by atoms with van der Waals surface area (Å²) in [6.45, 7) is 6.19. The molecular weight excluding hydrogens is 297 g/mol. The lowest BCUT2D eigenvalue weighted by molar-refractivity contribution is 0.0944. The van der Waals surface area contributed by atoms with Gasteiger partial charge in [-0.15, -0.1) is 0 Å². The first-order valence-corrected chi connectivity index (χ1v) is 7.54. The zero-order valence-electron chi connectivity index (χ0n) is 13.5. The van der Waals surface area contributed by atoms with Gasteiger partial charge in [-0.05, 0) is 31.4 Å². The number of hydrogen-bond acceptors (Lipinski definition) is 3. The van der Waals surface area contributed by atoms with Gasteiger partial charge in [0.2, 0.25) is 5.43 Å². The van der Waals surface area contributed by atoms with E-state index < -0.39 is 17.2 Å². The second-order valence-corrected chi connectivity index (χ2v) is 5.80. The largest absolute Gasteiger partial charge is 0.351 e. The van der Waals surface area contributed by atoms with Crippen LogP contribution in [0.15, 0.2) is 35.1 Å². The predicted molar refractivity (Wildman–Crippen MR) is 86.3 cm³/mol. The highest BCUT2D eigenvalue weighted by molar-refractivity contribution is 5.92. The number of carbonyl (C=O) groups excluding carboxylic acids is 1. The summed E-state index contributed by atoms with van der Waals surface area (Å²) >= 11 is 0. The Kier molecular flexibility index (Phi) is 5.26. The van der Waals surface area contributed by atoms with Gasteiger partial charge in [-0.25, -0.2) is 9.07 Å². The molecule has 0 radical (unpaired) electrons. The average molecular weight is 317 g/mol. The molecule has 0 saturated heterocycles. The molecule has 0 saturated carbocycles. The molecule has 2 rings (SSSR count). The van der Waals surface area contributed by atoms with E-state index in [1.54, 1.807) is 25.1 Å². The molecule has 1 aromatic heterocycles. The number of hydrogen-bond donors (Lipinski definition) is 1. The van der Waals surface area contributed by atoms with E-state index >= 15 is 0 Å². The first kappa shape index (κ1) is 16.9. The number of nitrogens with one attached hydrogen (secondary N) is 1. The molecular formula is C17H20FN3O2. The molecule has 0 bridgehead atoms. The van der Waals surface area contributed by atoms with E-state index in [2.05, 4.69) is 10.4 Å². The zero-order valence-corrected chi connectivity index (χ0v) is 13.5. The number of aryl methyl sites for hydroxylation is 1. The number of carbonyl (C=O) groups is 1. The number of nitrogens with zero attached hydrogens (tertiary/aromatic N) is 2. The maximum Gasteiger partial charge on any atom is 0.275 e. The van der Waals surface area contributed by atoms with Gasteiger partial charge in [0.25, 0.3) is 5.91 Å². The molecule has 23 heavy (non-hydrogen) atoms. The third-order valence-electron chi connectivity index (χ3n) is 3.41. The number of halogens is 1. The maximum atomic E-state index is 13.9. The van der Waals surface area contributed by atoms with Gasteiger partial charge in [-0.1, -0.05) is 26.0 Å². The van der Waals surface area contributed by atoms with E-state index in [-0.39, 0.29) is 11.4 Å². The van der Waals surface area contributed by atoms with Crippen LogP contribution in [0.1, 0.15) is 36.5 Å². The normalized spacial score (nSPS) is 10.8. The lowest BCUT2D eigenvalue weighted by atomic mass is 10.1. The van der Waals surface area contributed by atoms with Crippen molar-refractivity contribution in [3.63, 3.8) is 0 Å². The van der Waals surface area contributed by atoms with Crippen LogP contribution < -0.4 is 10.7 Å². The molecule has 5 nitrogen and oxygen atoms in total. The summed E-state index contributed by atoms with van der Waals surface area (Å²) in [7, 11) is 0. The third kappa shape index (κ3) is 4.03. The van der Waals surface area contributed by atoms with Crippen molar-refractivity contribution in [2.45, 2.75) is 27.2 Å². The van der Waals surface area contributed by atoms with Crippen LogP contribution in [0.5, 0.6) is 0 Å². The molecule has 1 N–H and O–H groups in total. The molecule has 122 valence electrons. The Labute approximate surface area is 134 Å². The van der Waals surface area contributed by atoms with Crippen molar-refractivity contribution in [3.05, 3.63) is 57.8 Å². The molecule has 0 aliphatic heterocycles. The fraction of sp³-hybridized carbons (Fsp3) is 0.353. The van der Waals surface area contributed by atoms with Gasteiger partial charge in [0, 0.05) is 18.3 Å². The molecule has 1 aromatic carbocycles. The average Bonchev–Trinajstić information content (AvgIpc) is 2.48. The summed E-state index contributed by atoms with van der Waals surface area (Å²) in [5, 5.41) is 6.73. The van der Waals surface area contributed by atoms with E-state index in [4.69, 9.17) is 0 Å². The molecule has 0 unspecified atom stereocenters. The van der Waals surface area contributed by atoms with E-state index in [1.165, 1.54) is 16.8 Å². The summed E-state index contributed by atoms with van der Waals surface area (Å²) in [4.78, 5) is 24.2. The van der Waals surface area contributed by atoms with E-state index in [0.29, 0.717) is 18.2 Å². The molecule has 2 aromatic rings. The minimum atomic E-state index is -0.541. The third-order valence-corrected chi connectivity index (χ3v) is 3.41. The maximum absolute atomic E-state index is 13.9. The summed E-state index contributed by atoms with van der Waals surface area (Å²) in [5.41, 5.74) is -0.0557. The molecule has 0 spiro atoms. The van der Waals surface area contributed by atoms with Crippen LogP contribution in [0.2, 0.25) is 0 Å². The fourth-order valence-corrected chi connectivity index (χ4v) is 2.13. The number of rotatable bonds is 5. The van der Waals surface area contributed by atoms with E-state index in [1.807, 2.05) is 13.8 Å². The number of para-hydroxylation sites is 1. The smallest absolute Gasteiger partial charge is 0.275 e. The van der Waals surface area contributed by atoms with Crippen molar-refractivity contribution in [3.8, 4) is 5.69 Å². The van der Waals surface area contributed by atoms with Crippen molar-refractivity contribution in [1.82, 2.24) is 15.1 Å². The lowest BCUT2D eigenvalue weighted by Gasteiger charge is -2.12. The Morgan fingerprint density at radius 1 is 1.35 bits per heavy atom. The monoisotopic (exact) mass is 317 g/mol. The minimum absolute atomic E-state index is 0.196. The number of amides is 1. The van der Waals surface area contributed by atoms with Crippen LogP contribution in [-0.4, -0.2) is 22.2 Å². The molecule has 0 atom stereocenters. The second-order valence-electron chi connectivity index (χ2n) is 5.80. The standard InChI is InChI=1S/C17H20FN3O2/c1-11(2)8-9-19-17(23)16-15(22)10-12(3)21(20-16)14-7-5-4-6-13(14)18/h4-7,10-11H,8-9H2,1-3H3,(H,19,23). The summed E-state index contributed by atoms with van der Waals surface area (Å²) in [5.74, 6) is -0.574. The molecule has 6 heteroatoms.